The predicted molar refractivity (Wildman–Crippen MR) is 60.4 cm³/mol. The van der Waals surface area contributed by atoms with E-state index in [-0.39, 0.29) is 0 Å². The largest absolute Gasteiger partial charge is 0.155 e. The molecule has 0 aliphatic carbocycles. The molecule has 0 saturated heterocycles. The van der Waals surface area contributed by atoms with Gasteiger partial charge >= 0.3 is 0 Å². The highest BCUT2D eigenvalue weighted by atomic mass is 15.1. The molecule has 0 spiro atoms. The Hall–Kier alpha value is -1.44. The van der Waals surface area contributed by atoms with Crippen molar-refractivity contribution in [2.24, 2.45) is 0 Å². The lowest BCUT2D eigenvalue weighted by Crippen LogP contribution is -1.92. The van der Waals surface area contributed by atoms with Crippen LogP contribution in [0.5, 0.6) is 0 Å². The molecule has 2 nitrogen and oxygen atoms in total. The van der Waals surface area contributed by atoms with E-state index in [4.69, 9.17) is 0 Å². The van der Waals surface area contributed by atoms with Gasteiger partial charge in [0.05, 0.1) is 11.2 Å². The van der Waals surface area contributed by atoms with Gasteiger partial charge in [-0.3, -0.25) is 0 Å². The number of nitrogens with zero attached hydrogens (tertiary/aromatic N) is 2. The minimum atomic E-state index is 0.973. The highest BCUT2D eigenvalue weighted by Gasteiger charge is 2.00. The second-order valence-electron chi connectivity index (χ2n) is 2.93. The van der Waals surface area contributed by atoms with Gasteiger partial charge in [-0.15, -0.1) is 0 Å². The normalized spacial score (nSPS) is 9.43. The van der Waals surface area contributed by atoms with E-state index in [1.807, 2.05) is 39.0 Å². The first-order valence-corrected chi connectivity index (χ1v) is 4.97. The molecule has 1 aromatic heterocycles. The quantitative estimate of drug-likeness (QED) is 0.634. The molecular formula is C12H16N2. The van der Waals surface area contributed by atoms with Crippen LogP contribution in [-0.2, 0) is 0 Å². The third-order valence-electron chi connectivity index (χ3n) is 2.16. The van der Waals surface area contributed by atoms with Crippen molar-refractivity contribution in [2.75, 3.05) is 0 Å². The fourth-order valence-electron chi connectivity index (χ4n) is 1.28. The molecule has 0 atom stereocenters. The maximum atomic E-state index is 4.09. The summed E-state index contributed by atoms with van der Waals surface area (Å²) in [6.07, 6.45) is 0. The minimum Gasteiger partial charge on any atom is -0.155 e. The lowest BCUT2D eigenvalue weighted by atomic mass is 10.1. The average Bonchev–Trinajstić information content (AvgIpc) is 2.27. The average molecular weight is 188 g/mol. The zero-order chi connectivity index (χ0) is 10.6. The van der Waals surface area contributed by atoms with Gasteiger partial charge in [-0.05, 0) is 25.5 Å². The van der Waals surface area contributed by atoms with Crippen LogP contribution in [-0.4, -0.2) is 10.2 Å². The molecule has 2 heteroatoms. The molecule has 0 bridgehead atoms. The number of fused-ring (bicyclic) bond motifs is 1. The van der Waals surface area contributed by atoms with Crippen molar-refractivity contribution in [1.29, 1.82) is 0 Å². The van der Waals surface area contributed by atoms with E-state index in [1.54, 1.807) is 0 Å². The third-order valence-corrected chi connectivity index (χ3v) is 2.16. The Kier molecular flexibility index (Phi) is 3.57. The molecular weight excluding hydrogens is 172 g/mol. The van der Waals surface area contributed by atoms with Gasteiger partial charge in [0.2, 0.25) is 0 Å². The van der Waals surface area contributed by atoms with E-state index < -0.39 is 0 Å². The van der Waals surface area contributed by atoms with Crippen molar-refractivity contribution < 1.29 is 0 Å². The summed E-state index contributed by atoms with van der Waals surface area (Å²) in [4.78, 5) is 0. The fraction of sp³-hybridized carbons (Fsp3) is 0.333. The highest BCUT2D eigenvalue weighted by molar-refractivity contribution is 5.81. The first-order valence-electron chi connectivity index (χ1n) is 4.97. The van der Waals surface area contributed by atoms with Crippen LogP contribution in [0.1, 0.15) is 25.1 Å². The summed E-state index contributed by atoms with van der Waals surface area (Å²) in [7, 11) is 0. The molecule has 0 radical (unpaired) electrons. The Balaban J connectivity index is 0.000000461. The fourth-order valence-corrected chi connectivity index (χ4v) is 1.28. The van der Waals surface area contributed by atoms with Crippen molar-refractivity contribution in [2.45, 2.75) is 27.7 Å². The Morgan fingerprint density at radius 1 is 0.929 bits per heavy atom. The number of aryl methyl sites for hydroxylation is 2. The van der Waals surface area contributed by atoms with E-state index in [0.29, 0.717) is 0 Å². The Morgan fingerprint density at radius 2 is 1.57 bits per heavy atom. The van der Waals surface area contributed by atoms with E-state index in [1.165, 1.54) is 10.9 Å². The van der Waals surface area contributed by atoms with Crippen molar-refractivity contribution in [3.8, 4) is 0 Å². The van der Waals surface area contributed by atoms with Crippen LogP contribution >= 0.6 is 0 Å². The lowest BCUT2D eigenvalue weighted by Gasteiger charge is -2.01. The molecule has 14 heavy (non-hydrogen) atoms. The number of hydrogen-bond donors (Lipinski definition) is 0. The van der Waals surface area contributed by atoms with Gasteiger partial charge in [0.15, 0.2) is 0 Å². The third kappa shape index (κ3) is 1.90. The molecule has 2 rings (SSSR count). The second-order valence-corrected chi connectivity index (χ2v) is 2.93. The van der Waals surface area contributed by atoms with Gasteiger partial charge in [0, 0.05) is 5.39 Å². The summed E-state index contributed by atoms with van der Waals surface area (Å²) in [6.45, 7) is 8.06. The topological polar surface area (TPSA) is 25.8 Å². The molecule has 0 unspecified atom stereocenters. The molecule has 0 N–H and O–H groups in total. The minimum absolute atomic E-state index is 0.973. The van der Waals surface area contributed by atoms with Crippen LogP contribution in [0.15, 0.2) is 24.3 Å². The number of hydrogen-bond acceptors (Lipinski definition) is 2. The highest BCUT2D eigenvalue weighted by Crippen LogP contribution is 2.16. The first-order chi connectivity index (χ1) is 6.79. The maximum absolute atomic E-state index is 4.09. The molecule has 0 aliphatic heterocycles. The lowest BCUT2D eigenvalue weighted by molar-refractivity contribution is 1.00. The predicted octanol–water partition coefficient (Wildman–Crippen LogP) is 3.27. The Bertz CT molecular complexity index is 422. The Morgan fingerprint density at radius 3 is 2.29 bits per heavy atom. The van der Waals surface area contributed by atoms with Crippen LogP contribution in [0.2, 0.25) is 0 Å². The standard InChI is InChI=1S/C10H10N2.C2H6/c1-7-8(2)11-12-10-6-4-3-5-9(7)10;1-2/h3-6H,1-2H3;1-2H3. The summed E-state index contributed by atoms with van der Waals surface area (Å²) < 4.78 is 0. The van der Waals surface area contributed by atoms with Crippen LogP contribution in [0.3, 0.4) is 0 Å². The van der Waals surface area contributed by atoms with E-state index in [0.717, 1.165) is 11.2 Å². The van der Waals surface area contributed by atoms with Crippen molar-refractivity contribution in [3.05, 3.63) is 35.5 Å². The van der Waals surface area contributed by atoms with Crippen LogP contribution < -0.4 is 0 Å². The smallest absolute Gasteiger partial charge is 0.0932 e. The van der Waals surface area contributed by atoms with Gasteiger partial charge in [-0.1, -0.05) is 32.0 Å². The van der Waals surface area contributed by atoms with Crippen LogP contribution in [0.4, 0.5) is 0 Å². The second kappa shape index (κ2) is 4.70. The molecule has 0 amide bonds. The van der Waals surface area contributed by atoms with Crippen molar-refractivity contribution in [1.82, 2.24) is 10.2 Å². The van der Waals surface area contributed by atoms with E-state index >= 15 is 0 Å². The van der Waals surface area contributed by atoms with Gasteiger partial charge in [-0.2, -0.15) is 10.2 Å². The van der Waals surface area contributed by atoms with Gasteiger partial charge < -0.3 is 0 Å². The van der Waals surface area contributed by atoms with Gasteiger partial charge in [-0.25, -0.2) is 0 Å². The summed E-state index contributed by atoms with van der Waals surface area (Å²) in [5.41, 5.74) is 3.20. The van der Waals surface area contributed by atoms with Crippen LogP contribution in [0.25, 0.3) is 10.9 Å². The van der Waals surface area contributed by atoms with Crippen molar-refractivity contribution in [3.63, 3.8) is 0 Å². The molecule has 74 valence electrons. The van der Waals surface area contributed by atoms with Crippen LogP contribution in [0, 0.1) is 13.8 Å². The van der Waals surface area contributed by atoms with Crippen molar-refractivity contribution >= 4 is 10.9 Å². The summed E-state index contributed by atoms with van der Waals surface area (Å²) in [6, 6.07) is 8.06. The monoisotopic (exact) mass is 188 g/mol. The Labute approximate surface area is 85.0 Å². The molecule has 1 heterocycles. The van der Waals surface area contributed by atoms with Gasteiger partial charge in [0.25, 0.3) is 0 Å². The number of benzene rings is 1. The molecule has 1 aromatic carbocycles. The molecule has 0 fully saturated rings. The summed E-state index contributed by atoms with van der Waals surface area (Å²) in [5, 5.41) is 9.35. The maximum Gasteiger partial charge on any atom is 0.0932 e. The zero-order valence-electron chi connectivity index (χ0n) is 9.20. The molecule has 0 saturated carbocycles. The molecule has 2 aromatic rings. The number of aromatic nitrogens is 2. The first kappa shape index (κ1) is 10.6. The molecule has 0 aliphatic rings. The number of rotatable bonds is 0. The summed E-state index contributed by atoms with van der Waals surface area (Å²) >= 11 is 0. The van der Waals surface area contributed by atoms with Gasteiger partial charge in [0.1, 0.15) is 0 Å². The van der Waals surface area contributed by atoms with E-state index in [9.17, 15) is 0 Å². The zero-order valence-corrected chi connectivity index (χ0v) is 9.20. The SMILES string of the molecule is CC.Cc1nnc2ccccc2c1C. The van der Waals surface area contributed by atoms with E-state index in [2.05, 4.69) is 23.2 Å². The summed E-state index contributed by atoms with van der Waals surface area (Å²) in [5.74, 6) is 0.